The molecule has 0 fully saturated rings. The van der Waals surface area contributed by atoms with Gasteiger partial charge in [0.1, 0.15) is 12.4 Å². The molecule has 0 aliphatic heterocycles. The summed E-state index contributed by atoms with van der Waals surface area (Å²) in [6.45, 7) is 0.578. The van der Waals surface area contributed by atoms with Crippen LogP contribution in [0.4, 0.5) is 0 Å². The first-order valence-corrected chi connectivity index (χ1v) is 5.94. The zero-order valence-electron chi connectivity index (χ0n) is 9.91. The van der Waals surface area contributed by atoms with Crippen molar-refractivity contribution < 1.29 is 4.74 Å². The van der Waals surface area contributed by atoms with Gasteiger partial charge in [-0.15, -0.1) is 0 Å². The molecule has 0 spiro atoms. The lowest BCUT2D eigenvalue weighted by Gasteiger charge is -2.08. The number of hydrogen-bond acceptors (Lipinski definition) is 2. The molecule has 1 heterocycles. The Bertz CT molecular complexity index is 644. The topological polar surface area (TPSA) is 22.1 Å². The molecule has 88 valence electrons. The monoisotopic (exact) mass is 235 g/mol. The van der Waals surface area contributed by atoms with E-state index in [1.54, 1.807) is 6.20 Å². The van der Waals surface area contributed by atoms with E-state index in [0.29, 0.717) is 6.61 Å². The van der Waals surface area contributed by atoms with Crippen molar-refractivity contribution in [1.82, 2.24) is 4.98 Å². The van der Waals surface area contributed by atoms with Crippen LogP contribution in [0, 0.1) is 0 Å². The largest absolute Gasteiger partial charge is 0.488 e. The maximum Gasteiger partial charge on any atom is 0.130 e. The van der Waals surface area contributed by atoms with Crippen LogP contribution in [0.2, 0.25) is 0 Å². The van der Waals surface area contributed by atoms with Gasteiger partial charge in [0.05, 0.1) is 5.52 Å². The number of pyridine rings is 1. The molecule has 0 atom stereocenters. The van der Waals surface area contributed by atoms with Crippen LogP contribution in [0.25, 0.3) is 10.9 Å². The van der Waals surface area contributed by atoms with Gasteiger partial charge < -0.3 is 4.74 Å². The average Bonchev–Trinajstić information content (AvgIpc) is 2.46. The Morgan fingerprint density at radius 2 is 1.61 bits per heavy atom. The highest BCUT2D eigenvalue weighted by Gasteiger charge is 2.02. The van der Waals surface area contributed by atoms with E-state index in [1.165, 1.54) is 5.56 Å². The highest BCUT2D eigenvalue weighted by molar-refractivity contribution is 5.84. The first kappa shape index (κ1) is 10.8. The van der Waals surface area contributed by atoms with Crippen LogP contribution in [0.15, 0.2) is 66.9 Å². The van der Waals surface area contributed by atoms with Gasteiger partial charge in [0.15, 0.2) is 0 Å². The summed E-state index contributed by atoms with van der Waals surface area (Å²) in [6.07, 6.45) is 1.78. The summed E-state index contributed by atoms with van der Waals surface area (Å²) in [5.41, 5.74) is 2.13. The lowest BCUT2D eigenvalue weighted by atomic mass is 10.2. The van der Waals surface area contributed by atoms with Crippen molar-refractivity contribution in [1.29, 1.82) is 0 Å². The number of ether oxygens (including phenoxy) is 1. The molecule has 2 aromatic carbocycles. The van der Waals surface area contributed by atoms with Gasteiger partial charge in [-0.2, -0.15) is 0 Å². The molecule has 0 aliphatic carbocycles. The van der Waals surface area contributed by atoms with E-state index < -0.39 is 0 Å². The number of aromatic nitrogens is 1. The molecule has 0 bridgehead atoms. The van der Waals surface area contributed by atoms with Gasteiger partial charge in [-0.05, 0) is 23.8 Å². The molecule has 2 nitrogen and oxygen atoms in total. The van der Waals surface area contributed by atoms with Crippen molar-refractivity contribution in [3.05, 3.63) is 72.4 Å². The maximum absolute atomic E-state index is 5.87. The molecule has 2 heteroatoms. The van der Waals surface area contributed by atoms with Gasteiger partial charge >= 0.3 is 0 Å². The van der Waals surface area contributed by atoms with Gasteiger partial charge in [0.2, 0.25) is 0 Å². The summed E-state index contributed by atoms with van der Waals surface area (Å²) in [6, 6.07) is 20.1. The molecule has 3 aromatic rings. The quantitative estimate of drug-likeness (QED) is 0.688. The molecule has 0 N–H and O–H groups in total. The third kappa shape index (κ3) is 2.18. The van der Waals surface area contributed by atoms with Crippen molar-refractivity contribution in [2.45, 2.75) is 6.61 Å². The Balaban J connectivity index is 1.87. The Labute approximate surface area is 106 Å². The highest BCUT2D eigenvalue weighted by atomic mass is 16.5. The molecular weight excluding hydrogens is 222 g/mol. The average molecular weight is 235 g/mol. The normalized spacial score (nSPS) is 10.4. The van der Waals surface area contributed by atoms with Crippen molar-refractivity contribution in [3.63, 3.8) is 0 Å². The first-order chi connectivity index (χ1) is 8.93. The standard InChI is InChI=1S/C16H13NO/c1-2-6-13(7-3-1)12-18-16-10-11-17-15-9-5-4-8-14(15)16/h1-11H,12H2. The fourth-order valence-electron chi connectivity index (χ4n) is 1.93. The van der Waals surface area contributed by atoms with E-state index in [1.807, 2.05) is 48.5 Å². The SMILES string of the molecule is c1ccc(COc2ccnc3ccccc23)cc1. The number of nitrogens with zero attached hydrogens (tertiary/aromatic N) is 1. The van der Waals surface area contributed by atoms with Crippen LogP contribution >= 0.6 is 0 Å². The van der Waals surface area contributed by atoms with Crippen molar-refractivity contribution in [3.8, 4) is 5.75 Å². The minimum Gasteiger partial charge on any atom is -0.488 e. The molecule has 0 amide bonds. The van der Waals surface area contributed by atoms with Gasteiger partial charge in [0, 0.05) is 11.6 Å². The van der Waals surface area contributed by atoms with Crippen LogP contribution in [-0.4, -0.2) is 4.98 Å². The minimum absolute atomic E-state index is 0.578. The first-order valence-electron chi connectivity index (χ1n) is 5.94. The molecule has 0 unspecified atom stereocenters. The summed E-state index contributed by atoms with van der Waals surface area (Å²) >= 11 is 0. The zero-order valence-corrected chi connectivity index (χ0v) is 9.91. The summed E-state index contributed by atoms with van der Waals surface area (Å²) in [5.74, 6) is 0.879. The van der Waals surface area contributed by atoms with E-state index in [0.717, 1.165) is 16.7 Å². The molecule has 0 saturated carbocycles. The number of para-hydroxylation sites is 1. The van der Waals surface area contributed by atoms with Gasteiger partial charge in [-0.25, -0.2) is 0 Å². The molecule has 1 aromatic heterocycles. The maximum atomic E-state index is 5.87. The molecule has 0 saturated heterocycles. The predicted molar refractivity (Wildman–Crippen MR) is 72.5 cm³/mol. The second-order valence-corrected chi connectivity index (χ2v) is 4.10. The molecule has 18 heavy (non-hydrogen) atoms. The predicted octanol–water partition coefficient (Wildman–Crippen LogP) is 3.81. The second kappa shape index (κ2) is 4.88. The lowest BCUT2D eigenvalue weighted by molar-refractivity contribution is 0.310. The second-order valence-electron chi connectivity index (χ2n) is 4.10. The summed E-state index contributed by atoms with van der Waals surface area (Å²) in [4.78, 5) is 4.32. The molecule has 0 radical (unpaired) electrons. The van der Waals surface area contributed by atoms with Crippen LogP contribution in [-0.2, 0) is 6.61 Å². The van der Waals surface area contributed by atoms with Gasteiger partial charge in [0.25, 0.3) is 0 Å². The third-order valence-electron chi connectivity index (χ3n) is 2.85. The summed E-state index contributed by atoms with van der Waals surface area (Å²) < 4.78 is 5.87. The Hall–Kier alpha value is -2.35. The molecule has 0 aliphatic rings. The van der Waals surface area contributed by atoms with E-state index in [-0.39, 0.29) is 0 Å². The van der Waals surface area contributed by atoms with Crippen molar-refractivity contribution in [2.24, 2.45) is 0 Å². The fourth-order valence-corrected chi connectivity index (χ4v) is 1.93. The Kier molecular flexibility index (Phi) is 2.92. The van der Waals surface area contributed by atoms with Crippen LogP contribution in [0.3, 0.4) is 0 Å². The van der Waals surface area contributed by atoms with E-state index >= 15 is 0 Å². The van der Waals surface area contributed by atoms with E-state index in [2.05, 4.69) is 17.1 Å². The van der Waals surface area contributed by atoms with Crippen LogP contribution in [0.5, 0.6) is 5.75 Å². The smallest absolute Gasteiger partial charge is 0.130 e. The van der Waals surface area contributed by atoms with E-state index in [9.17, 15) is 0 Å². The zero-order chi connectivity index (χ0) is 12.2. The van der Waals surface area contributed by atoms with Gasteiger partial charge in [-0.1, -0.05) is 42.5 Å². The van der Waals surface area contributed by atoms with Gasteiger partial charge in [-0.3, -0.25) is 4.98 Å². The fraction of sp³-hybridized carbons (Fsp3) is 0.0625. The Morgan fingerprint density at radius 1 is 0.833 bits per heavy atom. The molecule has 3 rings (SSSR count). The van der Waals surface area contributed by atoms with Crippen LogP contribution in [0.1, 0.15) is 5.56 Å². The van der Waals surface area contributed by atoms with Crippen LogP contribution < -0.4 is 4.74 Å². The highest BCUT2D eigenvalue weighted by Crippen LogP contribution is 2.24. The molecular formula is C16H13NO. The number of hydrogen-bond donors (Lipinski definition) is 0. The third-order valence-corrected chi connectivity index (χ3v) is 2.85. The lowest BCUT2D eigenvalue weighted by Crippen LogP contribution is -1.96. The summed E-state index contributed by atoms with van der Waals surface area (Å²) in [7, 11) is 0. The minimum atomic E-state index is 0.578. The summed E-state index contributed by atoms with van der Waals surface area (Å²) in [5, 5.41) is 1.05. The van der Waals surface area contributed by atoms with Crippen molar-refractivity contribution >= 4 is 10.9 Å². The number of fused-ring (bicyclic) bond motifs is 1. The Morgan fingerprint density at radius 3 is 2.50 bits per heavy atom. The van der Waals surface area contributed by atoms with Crippen molar-refractivity contribution in [2.75, 3.05) is 0 Å². The number of benzene rings is 2. The van der Waals surface area contributed by atoms with E-state index in [4.69, 9.17) is 4.74 Å². The number of rotatable bonds is 3.